The zero-order valence-electron chi connectivity index (χ0n) is 12.7. The van der Waals surface area contributed by atoms with Crippen LogP contribution in [-0.2, 0) is 9.59 Å². The van der Waals surface area contributed by atoms with Crippen molar-refractivity contribution < 1.29 is 14.7 Å². The summed E-state index contributed by atoms with van der Waals surface area (Å²) in [6.07, 6.45) is 2.31. The second kappa shape index (κ2) is 5.72. The Labute approximate surface area is 120 Å². The fourth-order valence-electron chi connectivity index (χ4n) is 3.36. The minimum Gasteiger partial charge on any atom is -0.391 e. The van der Waals surface area contributed by atoms with E-state index in [-0.39, 0.29) is 29.2 Å². The molecule has 5 nitrogen and oxygen atoms in total. The SMILES string of the molecule is CC(=O)N[C@H]1CC[C@H](C(=O)N2CCC(C)(C)C2)C[C@@H]1O. The van der Waals surface area contributed by atoms with Crippen molar-refractivity contribution in [1.29, 1.82) is 0 Å². The smallest absolute Gasteiger partial charge is 0.225 e. The van der Waals surface area contributed by atoms with E-state index in [1.807, 2.05) is 4.90 Å². The first-order valence-corrected chi connectivity index (χ1v) is 7.52. The molecule has 0 spiro atoms. The molecule has 0 radical (unpaired) electrons. The van der Waals surface area contributed by atoms with Crippen LogP contribution in [0.2, 0.25) is 0 Å². The molecule has 1 saturated heterocycles. The number of rotatable bonds is 2. The van der Waals surface area contributed by atoms with Gasteiger partial charge in [0, 0.05) is 25.9 Å². The molecule has 0 aromatic rings. The third kappa shape index (κ3) is 3.51. The van der Waals surface area contributed by atoms with E-state index in [9.17, 15) is 14.7 Å². The van der Waals surface area contributed by atoms with Gasteiger partial charge in [0.15, 0.2) is 0 Å². The highest BCUT2D eigenvalue weighted by atomic mass is 16.3. The number of carbonyl (C=O) groups is 2. The van der Waals surface area contributed by atoms with Gasteiger partial charge in [0.1, 0.15) is 0 Å². The van der Waals surface area contributed by atoms with Crippen LogP contribution in [0.25, 0.3) is 0 Å². The zero-order valence-corrected chi connectivity index (χ0v) is 12.7. The Hall–Kier alpha value is -1.10. The van der Waals surface area contributed by atoms with Crippen molar-refractivity contribution in [3.63, 3.8) is 0 Å². The number of amides is 2. The van der Waals surface area contributed by atoms with Gasteiger partial charge in [-0.15, -0.1) is 0 Å². The molecule has 0 bridgehead atoms. The zero-order chi connectivity index (χ0) is 14.9. The molecule has 3 atom stereocenters. The van der Waals surface area contributed by atoms with Gasteiger partial charge in [-0.05, 0) is 31.1 Å². The lowest BCUT2D eigenvalue weighted by Crippen LogP contribution is -2.49. The highest BCUT2D eigenvalue weighted by Gasteiger charge is 2.38. The monoisotopic (exact) mass is 282 g/mol. The van der Waals surface area contributed by atoms with Crippen molar-refractivity contribution in [2.45, 2.75) is 58.6 Å². The fraction of sp³-hybridized carbons (Fsp3) is 0.867. The van der Waals surface area contributed by atoms with Crippen LogP contribution in [0.5, 0.6) is 0 Å². The number of nitrogens with one attached hydrogen (secondary N) is 1. The molecule has 2 amide bonds. The molecule has 2 rings (SSSR count). The average Bonchev–Trinajstić information content (AvgIpc) is 2.71. The van der Waals surface area contributed by atoms with Crippen LogP contribution >= 0.6 is 0 Å². The van der Waals surface area contributed by atoms with Gasteiger partial charge in [-0.25, -0.2) is 0 Å². The van der Waals surface area contributed by atoms with Crippen LogP contribution in [-0.4, -0.2) is 47.1 Å². The van der Waals surface area contributed by atoms with Crippen molar-refractivity contribution in [2.75, 3.05) is 13.1 Å². The molecule has 0 aromatic carbocycles. The van der Waals surface area contributed by atoms with E-state index in [0.717, 1.165) is 25.9 Å². The Morgan fingerprint density at radius 2 is 2.00 bits per heavy atom. The number of likely N-dealkylation sites (tertiary alicyclic amines) is 1. The molecule has 2 N–H and O–H groups in total. The predicted octanol–water partition coefficient (Wildman–Crippen LogP) is 0.911. The molecular formula is C15H26N2O3. The molecule has 5 heteroatoms. The van der Waals surface area contributed by atoms with Gasteiger partial charge in [-0.2, -0.15) is 0 Å². The van der Waals surface area contributed by atoms with Crippen LogP contribution in [0.4, 0.5) is 0 Å². The van der Waals surface area contributed by atoms with Crippen LogP contribution in [0, 0.1) is 11.3 Å². The van der Waals surface area contributed by atoms with E-state index in [0.29, 0.717) is 12.8 Å². The molecule has 1 saturated carbocycles. The van der Waals surface area contributed by atoms with Crippen molar-refractivity contribution in [1.82, 2.24) is 10.2 Å². The maximum Gasteiger partial charge on any atom is 0.225 e. The first-order chi connectivity index (χ1) is 9.28. The third-order valence-corrected chi connectivity index (χ3v) is 4.54. The molecule has 1 aliphatic carbocycles. The standard InChI is InChI=1S/C15H26N2O3/c1-10(18)16-12-5-4-11(8-13(12)19)14(20)17-7-6-15(2,3)9-17/h11-13,19H,4-9H2,1-3H3,(H,16,18)/t11-,12-,13-/m0/s1. The lowest BCUT2D eigenvalue weighted by Gasteiger charge is -2.34. The molecule has 1 aliphatic heterocycles. The number of aliphatic hydroxyl groups excluding tert-OH is 1. The first-order valence-electron chi connectivity index (χ1n) is 7.52. The number of nitrogens with zero attached hydrogens (tertiary/aromatic N) is 1. The molecule has 20 heavy (non-hydrogen) atoms. The van der Waals surface area contributed by atoms with E-state index in [1.54, 1.807) is 0 Å². The van der Waals surface area contributed by atoms with Gasteiger partial charge in [0.05, 0.1) is 12.1 Å². The Balaban J connectivity index is 1.89. The molecule has 0 aromatic heterocycles. The molecule has 0 unspecified atom stereocenters. The molecule has 114 valence electrons. The van der Waals surface area contributed by atoms with Crippen molar-refractivity contribution in [3.05, 3.63) is 0 Å². The minimum absolute atomic E-state index is 0.0936. The highest BCUT2D eigenvalue weighted by Crippen LogP contribution is 2.33. The summed E-state index contributed by atoms with van der Waals surface area (Å²) in [4.78, 5) is 25.5. The van der Waals surface area contributed by atoms with Gasteiger partial charge in [-0.1, -0.05) is 13.8 Å². The Bertz CT molecular complexity index is 395. The molecular weight excluding hydrogens is 256 g/mol. The predicted molar refractivity (Wildman–Crippen MR) is 75.9 cm³/mol. The van der Waals surface area contributed by atoms with Crippen LogP contribution in [0.3, 0.4) is 0 Å². The Kier molecular flexibility index (Phi) is 4.37. The summed E-state index contributed by atoms with van der Waals surface area (Å²) < 4.78 is 0. The van der Waals surface area contributed by atoms with Crippen molar-refractivity contribution >= 4 is 11.8 Å². The maximum atomic E-state index is 12.5. The van der Waals surface area contributed by atoms with E-state index >= 15 is 0 Å². The average molecular weight is 282 g/mol. The third-order valence-electron chi connectivity index (χ3n) is 4.54. The van der Waals surface area contributed by atoms with Crippen molar-refractivity contribution in [2.24, 2.45) is 11.3 Å². The maximum absolute atomic E-state index is 12.5. The number of hydrogen-bond acceptors (Lipinski definition) is 3. The number of carbonyl (C=O) groups excluding carboxylic acids is 2. The van der Waals surface area contributed by atoms with Gasteiger partial charge in [0.2, 0.25) is 11.8 Å². The normalized spacial score (nSPS) is 33.0. The number of aliphatic hydroxyl groups is 1. The van der Waals surface area contributed by atoms with E-state index in [1.165, 1.54) is 6.92 Å². The van der Waals surface area contributed by atoms with Gasteiger partial charge < -0.3 is 15.3 Å². The van der Waals surface area contributed by atoms with Crippen LogP contribution in [0.15, 0.2) is 0 Å². The Morgan fingerprint density at radius 3 is 2.50 bits per heavy atom. The summed E-state index contributed by atoms with van der Waals surface area (Å²) in [5.41, 5.74) is 0.210. The lowest BCUT2D eigenvalue weighted by atomic mass is 9.83. The number of hydrogen-bond donors (Lipinski definition) is 2. The minimum atomic E-state index is -0.614. The lowest BCUT2D eigenvalue weighted by molar-refractivity contribution is -0.137. The molecule has 1 heterocycles. The van der Waals surface area contributed by atoms with Crippen LogP contribution in [0.1, 0.15) is 46.5 Å². The highest BCUT2D eigenvalue weighted by molar-refractivity contribution is 5.79. The molecule has 2 aliphatic rings. The van der Waals surface area contributed by atoms with E-state index < -0.39 is 6.10 Å². The van der Waals surface area contributed by atoms with E-state index in [4.69, 9.17) is 0 Å². The summed E-state index contributed by atoms with van der Waals surface area (Å²) in [6, 6.07) is -0.202. The quantitative estimate of drug-likeness (QED) is 0.791. The van der Waals surface area contributed by atoms with Gasteiger partial charge in [-0.3, -0.25) is 9.59 Å². The summed E-state index contributed by atoms with van der Waals surface area (Å²) in [5.74, 6) is -0.0417. The van der Waals surface area contributed by atoms with Crippen LogP contribution < -0.4 is 5.32 Å². The van der Waals surface area contributed by atoms with E-state index in [2.05, 4.69) is 19.2 Å². The largest absolute Gasteiger partial charge is 0.391 e. The Morgan fingerprint density at radius 1 is 1.30 bits per heavy atom. The van der Waals surface area contributed by atoms with Crippen molar-refractivity contribution in [3.8, 4) is 0 Å². The molecule has 2 fully saturated rings. The summed E-state index contributed by atoms with van der Waals surface area (Å²) >= 11 is 0. The topological polar surface area (TPSA) is 69.6 Å². The van der Waals surface area contributed by atoms with Gasteiger partial charge >= 0.3 is 0 Å². The van der Waals surface area contributed by atoms with Gasteiger partial charge in [0.25, 0.3) is 0 Å². The summed E-state index contributed by atoms with van der Waals surface area (Å²) in [5, 5.41) is 12.9. The summed E-state index contributed by atoms with van der Waals surface area (Å²) in [6.45, 7) is 7.46. The second-order valence-corrected chi connectivity index (χ2v) is 7.06. The summed E-state index contributed by atoms with van der Waals surface area (Å²) in [7, 11) is 0. The first kappa shape index (κ1) is 15.3. The second-order valence-electron chi connectivity index (χ2n) is 7.06. The fourth-order valence-corrected chi connectivity index (χ4v) is 3.36.